The van der Waals surface area contributed by atoms with Crippen molar-refractivity contribution in [3.63, 3.8) is 0 Å². The lowest BCUT2D eigenvalue weighted by molar-refractivity contribution is -0.137. The predicted octanol–water partition coefficient (Wildman–Crippen LogP) is 4.86. The number of benzene rings is 1. The van der Waals surface area contributed by atoms with Gasteiger partial charge in [0.2, 0.25) is 0 Å². The van der Waals surface area contributed by atoms with Crippen molar-refractivity contribution >= 4 is 23.0 Å². The smallest absolute Gasteiger partial charge is 0.353 e. The Labute approximate surface area is 149 Å². The van der Waals surface area contributed by atoms with E-state index in [9.17, 15) is 13.2 Å². The highest BCUT2D eigenvalue weighted by molar-refractivity contribution is 7.80. The lowest BCUT2D eigenvalue weighted by atomic mass is 9.89. The molecular formula is C18H18F3N3S. The van der Waals surface area contributed by atoms with Gasteiger partial charge in [-0.2, -0.15) is 13.2 Å². The highest BCUT2D eigenvalue weighted by Crippen LogP contribution is 2.38. The topological polar surface area (TPSA) is 37.0 Å². The van der Waals surface area contributed by atoms with Gasteiger partial charge in [-0.1, -0.05) is 25.0 Å². The summed E-state index contributed by atoms with van der Waals surface area (Å²) in [6.45, 7) is 0. The average molecular weight is 365 g/mol. The zero-order valence-corrected chi connectivity index (χ0v) is 14.3. The molecule has 7 heteroatoms. The molecular weight excluding hydrogens is 347 g/mol. The molecule has 1 aromatic carbocycles. The maximum Gasteiger partial charge on any atom is 0.416 e. The Morgan fingerprint density at radius 1 is 1.12 bits per heavy atom. The average Bonchev–Trinajstić information content (AvgIpc) is 3.04. The third kappa shape index (κ3) is 4.10. The van der Waals surface area contributed by atoms with E-state index in [-0.39, 0.29) is 5.54 Å². The molecule has 0 aliphatic heterocycles. The van der Waals surface area contributed by atoms with Crippen LogP contribution in [0.2, 0.25) is 0 Å². The van der Waals surface area contributed by atoms with E-state index >= 15 is 0 Å². The van der Waals surface area contributed by atoms with E-state index in [4.69, 9.17) is 12.2 Å². The number of hydrogen-bond acceptors (Lipinski definition) is 2. The van der Waals surface area contributed by atoms with Gasteiger partial charge in [-0.15, -0.1) is 0 Å². The normalized spacial score (nSPS) is 16.4. The first-order valence-corrected chi connectivity index (χ1v) is 8.47. The van der Waals surface area contributed by atoms with Crippen LogP contribution in [0.25, 0.3) is 0 Å². The number of nitrogens with zero attached hydrogens (tertiary/aromatic N) is 1. The van der Waals surface area contributed by atoms with Crippen LogP contribution < -0.4 is 10.6 Å². The maximum absolute atomic E-state index is 12.8. The van der Waals surface area contributed by atoms with Crippen LogP contribution in [0.15, 0.2) is 48.8 Å². The van der Waals surface area contributed by atoms with Crippen molar-refractivity contribution in [2.75, 3.05) is 5.32 Å². The standard InChI is InChI=1S/C18H18F3N3S/c19-18(20,21)13-5-3-7-15(11-13)23-16(25)24-17(8-1-2-9-17)14-6-4-10-22-12-14/h3-7,10-12H,1-2,8-9H2,(H2,23,24,25). The first kappa shape index (κ1) is 17.7. The van der Waals surface area contributed by atoms with E-state index in [1.807, 2.05) is 18.3 Å². The Morgan fingerprint density at radius 2 is 1.88 bits per heavy atom. The molecule has 0 spiro atoms. The summed E-state index contributed by atoms with van der Waals surface area (Å²) in [6, 6.07) is 8.89. The fourth-order valence-electron chi connectivity index (χ4n) is 3.26. The Kier molecular flexibility index (Phi) is 4.94. The van der Waals surface area contributed by atoms with Gasteiger partial charge in [0.05, 0.1) is 11.1 Å². The molecule has 2 N–H and O–H groups in total. The van der Waals surface area contributed by atoms with Gasteiger partial charge in [-0.3, -0.25) is 4.98 Å². The molecule has 3 rings (SSSR count). The van der Waals surface area contributed by atoms with Crippen LogP contribution in [0.3, 0.4) is 0 Å². The molecule has 0 saturated heterocycles. The summed E-state index contributed by atoms with van der Waals surface area (Å²) < 4.78 is 38.5. The second kappa shape index (κ2) is 7.00. The molecule has 25 heavy (non-hydrogen) atoms. The van der Waals surface area contributed by atoms with Crippen LogP contribution in [-0.4, -0.2) is 10.1 Å². The summed E-state index contributed by atoms with van der Waals surface area (Å²) in [5, 5.41) is 6.50. The zero-order chi connectivity index (χ0) is 17.9. The second-order valence-electron chi connectivity index (χ2n) is 6.19. The quantitative estimate of drug-likeness (QED) is 0.762. The Hall–Kier alpha value is -2.15. The number of aromatic nitrogens is 1. The molecule has 1 aliphatic carbocycles. The van der Waals surface area contributed by atoms with Crippen LogP contribution in [0.1, 0.15) is 36.8 Å². The summed E-state index contributed by atoms with van der Waals surface area (Å²) in [7, 11) is 0. The summed E-state index contributed by atoms with van der Waals surface area (Å²) >= 11 is 5.36. The van der Waals surface area contributed by atoms with E-state index in [0.717, 1.165) is 43.4 Å². The van der Waals surface area contributed by atoms with Gasteiger partial charge < -0.3 is 10.6 Å². The number of alkyl halides is 3. The number of hydrogen-bond donors (Lipinski definition) is 2. The molecule has 0 unspecified atom stereocenters. The molecule has 0 bridgehead atoms. The monoisotopic (exact) mass is 365 g/mol. The molecule has 0 radical (unpaired) electrons. The van der Waals surface area contributed by atoms with Gasteiger partial charge in [0.1, 0.15) is 0 Å². The maximum atomic E-state index is 12.8. The lowest BCUT2D eigenvalue weighted by Gasteiger charge is -2.32. The highest BCUT2D eigenvalue weighted by atomic mass is 32.1. The van der Waals surface area contributed by atoms with Crippen molar-refractivity contribution in [1.82, 2.24) is 10.3 Å². The summed E-state index contributed by atoms with van der Waals surface area (Å²) in [6.07, 6.45) is 3.08. The summed E-state index contributed by atoms with van der Waals surface area (Å²) in [4.78, 5) is 4.18. The Morgan fingerprint density at radius 3 is 2.52 bits per heavy atom. The second-order valence-corrected chi connectivity index (χ2v) is 6.60. The number of thiocarbonyl (C=S) groups is 1. The van der Waals surface area contributed by atoms with Crippen molar-refractivity contribution in [2.24, 2.45) is 0 Å². The molecule has 3 nitrogen and oxygen atoms in total. The van der Waals surface area contributed by atoms with E-state index in [1.165, 1.54) is 6.07 Å². The minimum Gasteiger partial charge on any atom is -0.353 e. The summed E-state index contributed by atoms with van der Waals surface area (Å²) in [5.41, 5.74) is 0.329. The highest BCUT2D eigenvalue weighted by Gasteiger charge is 2.36. The van der Waals surface area contributed by atoms with E-state index in [1.54, 1.807) is 12.3 Å². The van der Waals surface area contributed by atoms with E-state index < -0.39 is 11.7 Å². The number of pyridine rings is 1. The number of anilines is 1. The van der Waals surface area contributed by atoms with Crippen molar-refractivity contribution < 1.29 is 13.2 Å². The Bertz CT molecular complexity index is 741. The first-order valence-electron chi connectivity index (χ1n) is 8.06. The van der Waals surface area contributed by atoms with Gasteiger partial charge in [0, 0.05) is 18.1 Å². The fourth-order valence-corrected chi connectivity index (χ4v) is 3.58. The van der Waals surface area contributed by atoms with Gasteiger partial charge in [0.15, 0.2) is 5.11 Å². The van der Waals surface area contributed by atoms with Crippen molar-refractivity contribution in [2.45, 2.75) is 37.4 Å². The Balaban J connectivity index is 1.75. The van der Waals surface area contributed by atoms with Crippen LogP contribution in [0.5, 0.6) is 0 Å². The van der Waals surface area contributed by atoms with Crippen LogP contribution >= 0.6 is 12.2 Å². The molecule has 0 amide bonds. The molecule has 1 aliphatic rings. The van der Waals surface area contributed by atoms with E-state index in [0.29, 0.717) is 10.8 Å². The lowest BCUT2D eigenvalue weighted by Crippen LogP contribution is -2.45. The molecule has 2 aromatic rings. The molecule has 1 saturated carbocycles. The van der Waals surface area contributed by atoms with Crippen molar-refractivity contribution in [3.8, 4) is 0 Å². The number of halogens is 3. The minimum absolute atomic E-state index is 0.310. The molecule has 132 valence electrons. The van der Waals surface area contributed by atoms with Crippen LogP contribution in [0.4, 0.5) is 18.9 Å². The fraction of sp³-hybridized carbons (Fsp3) is 0.333. The molecule has 1 heterocycles. The van der Waals surface area contributed by atoms with Crippen LogP contribution in [0, 0.1) is 0 Å². The molecule has 0 atom stereocenters. The summed E-state index contributed by atoms with van der Waals surface area (Å²) in [5.74, 6) is 0. The number of rotatable bonds is 3. The van der Waals surface area contributed by atoms with Crippen LogP contribution in [-0.2, 0) is 11.7 Å². The minimum atomic E-state index is -4.38. The third-order valence-corrected chi connectivity index (χ3v) is 4.68. The van der Waals surface area contributed by atoms with Crippen molar-refractivity contribution in [3.05, 3.63) is 59.9 Å². The number of nitrogens with one attached hydrogen (secondary N) is 2. The van der Waals surface area contributed by atoms with Gasteiger partial charge in [0.25, 0.3) is 0 Å². The predicted molar refractivity (Wildman–Crippen MR) is 95.2 cm³/mol. The van der Waals surface area contributed by atoms with E-state index in [2.05, 4.69) is 15.6 Å². The van der Waals surface area contributed by atoms with Gasteiger partial charge >= 0.3 is 6.18 Å². The van der Waals surface area contributed by atoms with Gasteiger partial charge in [-0.25, -0.2) is 0 Å². The zero-order valence-electron chi connectivity index (χ0n) is 13.4. The van der Waals surface area contributed by atoms with Gasteiger partial charge in [-0.05, 0) is 54.9 Å². The molecule has 1 fully saturated rings. The SMILES string of the molecule is FC(F)(F)c1cccc(NC(=S)NC2(c3cccnc3)CCCC2)c1. The first-order chi connectivity index (χ1) is 11.9. The molecule has 1 aromatic heterocycles. The largest absolute Gasteiger partial charge is 0.416 e. The third-order valence-electron chi connectivity index (χ3n) is 4.47. The van der Waals surface area contributed by atoms with Crippen molar-refractivity contribution in [1.29, 1.82) is 0 Å².